The fourth-order valence-electron chi connectivity index (χ4n) is 4.01. The monoisotopic (exact) mass is 429 g/mol. The van der Waals surface area contributed by atoms with Crippen LogP contribution in [-0.2, 0) is 9.59 Å². The molecule has 2 amide bonds. The Morgan fingerprint density at radius 2 is 1.70 bits per heavy atom. The van der Waals surface area contributed by atoms with Gasteiger partial charge < -0.3 is 16.0 Å². The molecule has 3 atom stereocenters. The second-order valence-electron chi connectivity index (χ2n) is 8.18. The molecule has 0 aliphatic carbocycles. The molecule has 1 aliphatic rings. The molecular formula is C24H32ClN3O2. The molecule has 3 N–H and O–H groups in total. The number of carbonyl (C=O) groups is 2. The second kappa shape index (κ2) is 10.6. The van der Waals surface area contributed by atoms with Gasteiger partial charge in [0.2, 0.25) is 11.8 Å². The number of carbonyl (C=O) groups excluding carboxylic acids is 2. The number of nitrogens with one attached hydrogen (secondary N) is 1. The van der Waals surface area contributed by atoms with E-state index in [0.717, 1.165) is 11.1 Å². The number of likely N-dealkylation sites (tertiary alicyclic amines) is 1. The van der Waals surface area contributed by atoms with Crippen LogP contribution in [0.4, 0.5) is 0 Å². The van der Waals surface area contributed by atoms with Gasteiger partial charge in [-0.3, -0.25) is 9.59 Å². The van der Waals surface area contributed by atoms with Crippen molar-refractivity contribution in [2.45, 2.75) is 44.7 Å². The summed E-state index contributed by atoms with van der Waals surface area (Å²) in [5.41, 5.74) is 9.57. The number of amides is 2. The minimum absolute atomic E-state index is 0. The number of hydrogen-bond donors (Lipinski definition) is 2. The molecule has 3 unspecified atom stereocenters. The average Bonchev–Trinajstić information content (AvgIpc) is 2.74. The van der Waals surface area contributed by atoms with Crippen molar-refractivity contribution >= 4 is 24.2 Å². The van der Waals surface area contributed by atoms with E-state index in [0.29, 0.717) is 25.3 Å². The van der Waals surface area contributed by atoms with Crippen LogP contribution >= 0.6 is 12.4 Å². The molecular weight excluding hydrogens is 398 g/mol. The zero-order chi connectivity index (χ0) is 21.0. The van der Waals surface area contributed by atoms with Crippen LogP contribution in [0.15, 0.2) is 54.6 Å². The highest BCUT2D eigenvalue weighted by Crippen LogP contribution is 2.35. The maximum absolute atomic E-state index is 13.0. The van der Waals surface area contributed by atoms with Crippen LogP contribution in [0.5, 0.6) is 0 Å². The maximum atomic E-state index is 13.0. The molecule has 1 aliphatic heterocycles. The Bertz CT molecular complexity index is 839. The zero-order valence-electron chi connectivity index (χ0n) is 17.9. The van der Waals surface area contributed by atoms with Crippen LogP contribution in [-0.4, -0.2) is 30.3 Å². The fourth-order valence-corrected chi connectivity index (χ4v) is 4.01. The molecule has 30 heavy (non-hydrogen) atoms. The van der Waals surface area contributed by atoms with Gasteiger partial charge in [-0.25, -0.2) is 0 Å². The third-order valence-electron chi connectivity index (χ3n) is 5.87. The maximum Gasteiger partial charge on any atom is 0.225 e. The lowest BCUT2D eigenvalue weighted by Crippen LogP contribution is -2.47. The first-order valence-corrected chi connectivity index (χ1v) is 10.3. The number of nitrogens with two attached hydrogens (primary N) is 1. The van der Waals surface area contributed by atoms with Crippen molar-refractivity contribution in [3.63, 3.8) is 0 Å². The summed E-state index contributed by atoms with van der Waals surface area (Å²) in [6.45, 7) is 4.68. The summed E-state index contributed by atoms with van der Waals surface area (Å²) in [6, 6.07) is 17.5. The SMILES string of the molecule is CC(C)c1ccc(C(N)CNC(=O)C2CCC(=O)N(C)C2c2ccccc2)cc1.Cl. The summed E-state index contributed by atoms with van der Waals surface area (Å²) in [4.78, 5) is 27.0. The van der Waals surface area contributed by atoms with Crippen LogP contribution in [0.25, 0.3) is 0 Å². The Morgan fingerprint density at radius 1 is 1.10 bits per heavy atom. The summed E-state index contributed by atoms with van der Waals surface area (Å²) < 4.78 is 0. The number of hydrogen-bond acceptors (Lipinski definition) is 3. The van der Waals surface area contributed by atoms with Crippen LogP contribution in [0.1, 0.15) is 61.4 Å². The minimum atomic E-state index is -0.282. The van der Waals surface area contributed by atoms with Crippen molar-refractivity contribution < 1.29 is 9.59 Å². The zero-order valence-corrected chi connectivity index (χ0v) is 18.7. The van der Waals surface area contributed by atoms with E-state index in [2.05, 4.69) is 31.3 Å². The van der Waals surface area contributed by atoms with E-state index in [-0.39, 0.29) is 42.2 Å². The standard InChI is InChI=1S/C24H31N3O2.ClH/c1-16(2)17-9-11-18(12-10-17)21(25)15-26-24(29)20-13-14-22(28)27(3)23(20)19-7-5-4-6-8-19;/h4-12,16,20-21,23H,13-15,25H2,1-3H3,(H,26,29);1H. The van der Waals surface area contributed by atoms with E-state index in [1.54, 1.807) is 11.9 Å². The Balaban J connectivity index is 0.00000320. The summed E-state index contributed by atoms with van der Waals surface area (Å²) in [5.74, 6) is 0.216. The molecule has 1 fully saturated rings. The molecule has 5 nitrogen and oxygen atoms in total. The third-order valence-corrected chi connectivity index (χ3v) is 5.87. The lowest BCUT2D eigenvalue weighted by molar-refractivity contribution is -0.141. The van der Waals surface area contributed by atoms with Crippen molar-refractivity contribution in [1.82, 2.24) is 10.2 Å². The normalized spacial score (nSPS) is 19.9. The van der Waals surface area contributed by atoms with Gasteiger partial charge in [0.1, 0.15) is 0 Å². The van der Waals surface area contributed by atoms with Gasteiger partial charge in [-0.15, -0.1) is 12.4 Å². The molecule has 2 aromatic carbocycles. The number of benzene rings is 2. The summed E-state index contributed by atoms with van der Waals surface area (Å²) in [5, 5.41) is 3.02. The Morgan fingerprint density at radius 3 is 2.30 bits per heavy atom. The summed E-state index contributed by atoms with van der Waals surface area (Å²) in [7, 11) is 1.78. The van der Waals surface area contributed by atoms with E-state index >= 15 is 0 Å². The molecule has 6 heteroatoms. The minimum Gasteiger partial charge on any atom is -0.354 e. The van der Waals surface area contributed by atoms with Gasteiger partial charge in [0.05, 0.1) is 12.0 Å². The fraction of sp³-hybridized carbons (Fsp3) is 0.417. The number of rotatable bonds is 6. The molecule has 0 radical (unpaired) electrons. The lowest BCUT2D eigenvalue weighted by Gasteiger charge is -2.38. The highest BCUT2D eigenvalue weighted by Gasteiger charge is 2.38. The molecule has 1 heterocycles. The predicted octanol–water partition coefficient (Wildman–Crippen LogP) is 3.96. The molecule has 0 saturated carbocycles. The van der Waals surface area contributed by atoms with Gasteiger partial charge in [-0.1, -0.05) is 68.4 Å². The quantitative estimate of drug-likeness (QED) is 0.729. The van der Waals surface area contributed by atoms with Crippen LogP contribution in [0.3, 0.4) is 0 Å². The van der Waals surface area contributed by atoms with E-state index in [4.69, 9.17) is 5.73 Å². The Kier molecular flexibility index (Phi) is 8.44. The van der Waals surface area contributed by atoms with Gasteiger partial charge in [-0.05, 0) is 29.0 Å². The second-order valence-corrected chi connectivity index (χ2v) is 8.18. The third kappa shape index (κ3) is 5.41. The smallest absolute Gasteiger partial charge is 0.225 e. The molecule has 3 rings (SSSR count). The van der Waals surface area contributed by atoms with Gasteiger partial charge in [0.15, 0.2) is 0 Å². The topological polar surface area (TPSA) is 75.4 Å². The molecule has 2 aromatic rings. The molecule has 162 valence electrons. The summed E-state index contributed by atoms with van der Waals surface area (Å²) in [6.07, 6.45) is 0.938. The number of nitrogens with zero attached hydrogens (tertiary/aromatic N) is 1. The van der Waals surface area contributed by atoms with E-state index in [9.17, 15) is 9.59 Å². The first-order chi connectivity index (χ1) is 13.9. The molecule has 0 aromatic heterocycles. The predicted molar refractivity (Wildman–Crippen MR) is 122 cm³/mol. The van der Waals surface area contributed by atoms with Crippen LogP contribution in [0, 0.1) is 5.92 Å². The van der Waals surface area contributed by atoms with Crippen molar-refractivity contribution in [3.8, 4) is 0 Å². The average molecular weight is 430 g/mol. The lowest BCUT2D eigenvalue weighted by atomic mass is 9.84. The van der Waals surface area contributed by atoms with Gasteiger partial charge in [0, 0.05) is 26.1 Å². The van der Waals surface area contributed by atoms with Crippen molar-refractivity contribution in [3.05, 3.63) is 71.3 Å². The largest absolute Gasteiger partial charge is 0.354 e. The number of piperidine rings is 1. The van der Waals surface area contributed by atoms with Crippen molar-refractivity contribution in [2.75, 3.05) is 13.6 Å². The van der Waals surface area contributed by atoms with E-state index in [1.807, 2.05) is 42.5 Å². The van der Waals surface area contributed by atoms with Crippen molar-refractivity contribution in [1.29, 1.82) is 0 Å². The Hall–Kier alpha value is -2.37. The van der Waals surface area contributed by atoms with Crippen LogP contribution < -0.4 is 11.1 Å². The van der Waals surface area contributed by atoms with E-state index in [1.165, 1.54) is 5.56 Å². The highest BCUT2D eigenvalue weighted by molar-refractivity contribution is 5.85. The van der Waals surface area contributed by atoms with Gasteiger partial charge in [-0.2, -0.15) is 0 Å². The first kappa shape index (κ1) is 23.9. The molecule has 0 bridgehead atoms. The molecule has 0 spiro atoms. The first-order valence-electron chi connectivity index (χ1n) is 10.3. The van der Waals surface area contributed by atoms with Crippen molar-refractivity contribution in [2.24, 2.45) is 11.7 Å². The van der Waals surface area contributed by atoms with E-state index < -0.39 is 0 Å². The highest BCUT2D eigenvalue weighted by atomic mass is 35.5. The van der Waals surface area contributed by atoms with Crippen LogP contribution in [0.2, 0.25) is 0 Å². The van der Waals surface area contributed by atoms with Gasteiger partial charge >= 0.3 is 0 Å². The summed E-state index contributed by atoms with van der Waals surface area (Å²) >= 11 is 0. The Labute approximate surface area is 185 Å². The molecule has 1 saturated heterocycles. The van der Waals surface area contributed by atoms with Gasteiger partial charge in [0.25, 0.3) is 0 Å². The number of halogens is 1.